The summed E-state index contributed by atoms with van der Waals surface area (Å²) in [6, 6.07) is 32.9. The lowest BCUT2D eigenvalue weighted by Gasteiger charge is -2.45. The highest BCUT2D eigenvalue weighted by atomic mass is 32.2. The van der Waals surface area contributed by atoms with E-state index in [-0.39, 0.29) is 10.8 Å². The van der Waals surface area contributed by atoms with Crippen molar-refractivity contribution in [2.75, 3.05) is 10.2 Å². The summed E-state index contributed by atoms with van der Waals surface area (Å²) in [5.41, 5.74) is 9.63. The third kappa shape index (κ3) is 3.59. The Hall–Kier alpha value is -4.35. The molecule has 4 aliphatic rings. The van der Waals surface area contributed by atoms with Crippen LogP contribution in [0.25, 0.3) is 0 Å². The van der Waals surface area contributed by atoms with Gasteiger partial charge in [-0.1, -0.05) is 58.0 Å². The quantitative estimate of drug-likeness (QED) is 0.185. The van der Waals surface area contributed by atoms with E-state index in [0.717, 1.165) is 63.4 Å². The molecule has 5 aromatic rings. The number of rotatable bonds is 1. The number of nitrogens with one attached hydrogen (secondary N) is 1. The molecule has 0 spiro atoms. The van der Waals surface area contributed by atoms with Crippen LogP contribution in [0.4, 0.5) is 28.4 Å². The number of hydrogen-bond acceptors (Lipinski definition) is 4. The number of fused-ring (bicyclic) bond motifs is 8. The van der Waals surface area contributed by atoms with Crippen molar-refractivity contribution in [2.45, 2.75) is 73.0 Å². The van der Waals surface area contributed by atoms with Gasteiger partial charge in [-0.2, -0.15) is 10.9 Å². The van der Waals surface area contributed by atoms with Gasteiger partial charge >= 0.3 is 0 Å². The first-order valence-electron chi connectivity index (χ1n) is 15.6. The van der Waals surface area contributed by atoms with E-state index in [0.29, 0.717) is 0 Å². The SMILES string of the molecule is Cc1cc2c3c(c1)Oc1c(ccc4c1C(C)(C)CCC4(C)C)[SH]3c1ccc(N3c4ccccc4Nc4ccccc43)cc1O2. The molecule has 0 radical (unpaired) electrons. The topological polar surface area (TPSA) is 33.7 Å². The van der Waals surface area contributed by atoms with Gasteiger partial charge in [-0.3, -0.25) is 0 Å². The monoisotopic (exact) mass is 596 g/mol. The van der Waals surface area contributed by atoms with Crippen molar-refractivity contribution in [3.05, 3.63) is 108 Å². The number of nitrogens with zero attached hydrogens (tertiary/aromatic N) is 1. The number of hydrogen-bond donors (Lipinski definition) is 2. The summed E-state index contributed by atoms with van der Waals surface area (Å²) in [5.74, 6) is 3.87. The number of thiol groups is 1. The van der Waals surface area contributed by atoms with Crippen molar-refractivity contribution in [3.8, 4) is 23.0 Å². The average Bonchev–Trinajstić information content (AvgIpc) is 3.01. The van der Waals surface area contributed by atoms with Gasteiger partial charge in [-0.25, -0.2) is 0 Å². The van der Waals surface area contributed by atoms with Crippen molar-refractivity contribution in [1.82, 2.24) is 0 Å². The smallest absolute Gasteiger partial charge is 0.144 e. The molecule has 1 atom stereocenters. The zero-order valence-electron chi connectivity index (χ0n) is 25.8. The summed E-state index contributed by atoms with van der Waals surface area (Å²) in [6.45, 7) is 11.7. The van der Waals surface area contributed by atoms with Gasteiger partial charge in [0.15, 0.2) is 0 Å². The highest BCUT2D eigenvalue weighted by Gasteiger charge is 2.44. The minimum Gasteiger partial charge on any atom is -0.455 e. The Morgan fingerprint density at radius 3 is 2.05 bits per heavy atom. The third-order valence-electron chi connectivity index (χ3n) is 10.0. The summed E-state index contributed by atoms with van der Waals surface area (Å²) < 4.78 is 13.8. The van der Waals surface area contributed by atoms with Crippen LogP contribution in [-0.4, -0.2) is 0 Å². The van der Waals surface area contributed by atoms with Crippen LogP contribution in [0.15, 0.2) is 106 Å². The minimum absolute atomic E-state index is 0.0394. The van der Waals surface area contributed by atoms with E-state index in [2.05, 4.69) is 136 Å². The minimum atomic E-state index is -0.867. The lowest BCUT2D eigenvalue weighted by atomic mass is 9.63. The predicted molar refractivity (Wildman–Crippen MR) is 181 cm³/mol. The van der Waals surface area contributed by atoms with Crippen LogP contribution in [0, 0.1) is 6.92 Å². The molecule has 4 nitrogen and oxygen atoms in total. The third-order valence-corrected chi connectivity index (χ3v) is 12.6. The number of aryl methyl sites for hydroxylation is 1. The van der Waals surface area contributed by atoms with Crippen LogP contribution in [0.1, 0.15) is 57.2 Å². The maximum absolute atomic E-state index is 6.97. The highest BCUT2D eigenvalue weighted by molar-refractivity contribution is 8.17. The molecule has 0 bridgehead atoms. The highest BCUT2D eigenvalue weighted by Crippen LogP contribution is 2.71. The summed E-state index contributed by atoms with van der Waals surface area (Å²) in [5, 5.41) is 3.62. The number of para-hydroxylation sites is 4. The molecule has 1 unspecified atom stereocenters. The summed E-state index contributed by atoms with van der Waals surface area (Å²) in [7, 11) is -0.867. The standard InChI is InChI=1S/C39H36N2O2S/c1-23-20-31-37-32(21-23)43-36-34(17-15-25-35(36)39(4,5)19-18-38(25,2)3)44(37)33-16-14-24(22-30(33)42-31)41-28-12-8-6-10-26(28)40-27-11-7-9-13-29(27)41/h6-17,20-22,40,44H,18-19H2,1-5H3. The zero-order chi connectivity index (χ0) is 30.0. The molecule has 0 fully saturated rings. The Kier molecular flexibility index (Phi) is 5.25. The lowest BCUT2D eigenvalue weighted by Crippen LogP contribution is -2.34. The van der Waals surface area contributed by atoms with E-state index in [9.17, 15) is 0 Å². The molecule has 0 saturated heterocycles. The molecular formula is C39H36N2O2S. The normalized spacial score (nSPS) is 19.8. The molecule has 0 saturated carbocycles. The Morgan fingerprint density at radius 1 is 0.682 bits per heavy atom. The fourth-order valence-corrected chi connectivity index (χ4v) is 10.2. The molecule has 9 rings (SSSR count). The van der Waals surface area contributed by atoms with E-state index >= 15 is 0 Å². The van der Waals surface area contributed by atoms with Gasteiger partial charge in [-0.15, -0.1) is 0 Å². The first kappa shape index (κ1) is 26.1. The van der Waals surface area contributed by atoms with Crippen molar-refractivity contribution in [3.63, 3.8) is 0 Å². The van der Waals surface area contributed by atoms with Crippen LogP contribution in [0.5, 0.6) is 23.0 Å². The molecule has 5 heteroatoms. The first-order valence-corrected chi connectivity index (χ1v) is 16.9. The molecule has 3 aliphatic heterocycles. The van der Waals surface area contributed by atoms with Crippen molar-refractivity contribution in [2.24, 2.45) is 0 Å². The molecule has 44 heavy (non-hydrogen) atoms. The van der Waals surface area contributed by atoms with E-state index in [1.54, 1.807) is 0 Å². The summed E-state index contributed by atoms with van der Waals surface area (Å²) in [4.78, 5) is 6.09. The Bertz CT molecular complexity index is 2000. The van der Waals surface area contributed by atoms with Gasteiger partial charge in [0.1, 0.15) is 23.0 Å². The second-order valence-corrected chi connectivity index (χ2v) is 16.0. The zero-order valence-corrected chi connectivity index (χ0v) is 26.7. The van der Waals surface area contributed by atoms with E-state index in [4.69, 9.17) is 9.47 Å². The van der Waals surface area contributed by atoms with Crippen molar-refractivity contribution in [1.29, 1.82) is 0 Å². The average molecular weight is 597 g/mol. The van der Waals surface area contributed by atoms with Crippen molar-refractivity contribution >= 4 is 39.3 Å². The Labute approximate surface area is 262 Å². The largest absolute Gasteiger partial charge is 0.455 e. The van der Waals surface area contributed by atoms with Gasteiger partial charge < -0.3 is 19.7 Å². The number of benzene rings is 5. The van der Waals surface area contributed by atoms with E-state index in [1.807, 2.05) is 0 Å². The fourth-order valence-electron chi connectivity index (χ4n) is 7.67. The summed E-state index contributed by atoms with van der Waals surface area (Å²) in [6.07, 6.45) is 2.32. The van der Waals surface area contributed by atoms with Gasteiger partial charge in [0.2, 0.25) is 0 Å². The van der Waals surface area contributed by atoms with Gasteiger partial charge in [0.05, 0.1) is 33.3 Å². The molecule has 1 N–H and O–H groups in total. The van der Waals surface area contributed by atoms with E-state index in [1.165, 1.54) is 32.2 Å². The van der Waals surface area contributed by atoms with E-state index < -0.39 is 10.9 Å². The second-order valence-electron chi connectivity index (χ2n) is 13.9. The van der Waals surface area contributed by atoms with Crippen LogP contribution >= 0.6 is 10.9 Å². The number of anilines is 5. The van der Waals surface area contributed by atoms with Crippen LogP contribution in [0.2, 0.25) is 0 Å². The Morgan fingerprint density at radius 2 is 1.32 bits per heavy atom. The molecular weight excluding hydrogens is 561 g/mol. The lowest BCUT2D eigenvalue weighted by molar-refractivity contribution is 0.314. The molecule has 0 aromatic heterocycles. The maximum atomic E-state index is 6.97. The maximum Gasteiger partial charge on any atom is 0.144 e. The van der Waals surface area contributed by atoms with Crippen LogP contribution < -0.4 is 19.7 Å². The second kappa shape index (κ2) is 8.86. The molecule has 5 aromatic carbocycles. The molecule has 3 heterocycles. The van der Waals surface area contributed by atoms with Gasteiger partial charge in [0.25, 0.3) is 0 Å². The van der Waals surface area contributed by atoms with Crippen LogP contribution in [0.3, 0.4) is 0 Å². The fraction of sp³-hybridized carbons (Fsp3) is 0.231. The van der Waals surface area contributed by atoms with Crippen LogP contribution in [-0.2, 0) is 10.8 Å². The summed E-state index contributed by atoms with van der Waals surface area (Å²) >= 11 is 0. The predicted octanol–water partition coefficient (Wildman–Crippen LogP) is 11.6. The van der Waals surface area contributed by atoms with Crippen molar-refractivity contribution < 1.29 is 9.47 Å². The van der Waals surface area contributed by atoms with Gasteiger partial charge in [0, 0.05) is 21.4 Å². The first-order chi connectivity index (χ1) is 21.2. The number of ether oxygens (including phenoxy) is 2. The molecule has 1 aliphatic carbocycles. The van der Waals surface area contributed by atoms with Gasteiger partial charge in [-0.05, 0) is 96.3 Å². The Balaban J connectivity index is 1.26. The molecule has 0 amide bonds. The molecule has 220 valence electrons.